The van der Waals surface area contributed by atoms with Crippen molar-refractivity contribution < 1.29 is 14.3 Å². The third kappa shape index (κ3) is 5.70. The lowest BCUT2D eigenvalue weighted by atomic mass is 9.89. The molecule has 1 aliphatic heterocycles. The fraction of sp³-hybridized carbons (Fsp3) is 0.300. The van der Waals surface area contributed by atoms with Crippen LogP contribution in [-0.2, 0) is 16.0 Å². The first-order valence-electron chi connectivity index (χ1n) is 8.77. The van der Waals surface area contributed by atoms with Gasteiger partial charge in [-0.3, -0.25) is 9.59 Å². The van der Waals surface area contributed by atoms with Crippen molar-refractivity contribution in [2.75, 3.05) is 23.8 Å². The van der Waals surface area contributed by atoms with Crippen molar-refractivity contribution >= 4 is 35.6 Å². The average Bonchev–Trinajstić information content (AvgIpc) is 2.66. The molecule has 1 atom stereocenters. The molecule has 0 spiro atoms. The van der Waals surface area contributed by atoms with E-state index in [0.29, 0.717) is 43.9 Å². The van der Waals surface area contributed by atoms with Crippen molar-refractivity contribution in [1.82, 2.24) is 0 Å². The highest BCUT2D eigenvalue weighted by Crippen LogP contribution is 2.27. The Bertz CT molecular complexity index is 780. The Kier molecular flexibility index (Phi) is 7.64. The van der Waals surface area contributed by atoms with E-state index in [4.69, 9.17) is 10.5 Å². The molecule has 0 aromatic heterocycles. The zero-order valence-electron chi connectivity index (χ0n) is 14.9. The van der Waals surface area contributed by atoms with Crippen LogP contribution in [0, 0.1) is 5.92 Å². The molecule has 0 saturated carbocycles. The smallest absolute Gasteiger partial charge is 0.227 e. The number of hydrogen-bond donors (Lipinski definition) is 3. The molecule has 144 valence electrons. The Labute approximate surface area is 164 Å². The van der Waals surface area contributed by atoms with Crippen molar-refractivity contribution in [3.8, 4) is 5.75 Å². The van der Waals surface area contributed by atoms with Gasteiger partial charge in [-0.2, -0.15) is 0 Å². The topological polar surface area (TPSA) is 93.4 Å². The highest BCUT2D eigenvalue weighted by atomic mass is 35.5. The molecule has 1 heterocycles. The number of ether oxygens (including phenoxy) is 1. The van der Waals surface area contributed by atoms with Crippen LogP contribution in [-0.4, -0.2) is 25.0 Å². The van der Waals surface area contributed by atoms with Gasteiger partial charge >= 0.3 is 0 Å². The van der Waals surface area contributed by atoms with Gasteiger partial charge in [0.25, 0.3) is 0 Å². The molecule has 7 heteroatoms. The van der Waals surface area contributed by atoms with Crippen LogP contribution in [0.1, 0.15) is 18.4 Å². The Morgan fingerprint density at radius 3 is 2.67 bits per heavy atom. The summed E-state index contributed by atoms with van der Waals surface area (Å²) in [6.45, 7) is 0.913. The van der Waals surface area contributed by atoms with E-state index in [-0.39, 0.29) is 30.1 Å². The zero-order valence-corrected chi connectivity index (χ0v) is 15.8. The van der Waals surface area contributed by atoms with Crippen LogP contribution in [0.15, 0.2) is 48.5 Å². The molecule has 0 bridgehead atoms. The highest BCUT2D eigenvalue weighted by molar-refractivity contribution is 5.96. The first kappa shape index (κ1) is 20.7. The van der Waals surface area contributed by atoms with Gasteiger partial charge in [0.05, 0.1) is 0 Å². The fourth-order valence-electron chi connectivity index (χ4n) is 2.99. The summed E-state index contributed by atoms with van der Waals surface area (Å²) < 4.78 is 5.40. The van der Waals surface area contributed by atoms with Crippen LogP contribution in [0.5, 0.6) is 5.75 Å². The third-order valence-corrected chi connectivity index (χ3v) is 4.36. The summed E-state index contributed by atoms with van der Waals surface area (Å²) in [6.07, 6.45) is 1.48. The van der Waals surface area contributed by atoms with E-state index in [2.05, 4.69) is 10.6 Å². The van der Waals surface area contributed by atoms with Crippen molar-refractivity contribution in [3.05, 3.63) is 54.1 Å². The second-order valence-electron chi connectivity index (χ2n) is 6.30. The summed E-state index contributed by atoms with van der Waals surface area (Å²) >= 11 is 0. The lowest BCUT2D eigenvalue weighted by Crippen LogP contribution is -2.30. The van der Waals surface area contributed by atoms with Gasteiger partial charge in [-0.25, -0.2) is 0 Å². The minimum atomic E-state index is -0.178. The SMILES string of the molecule is Cl.NCCOc1ccc(NC(=O)CCC2Cc3ccccc3NC2=O)cc1. The molecule has 3 rings (SSSR count). The molecular formula is C20H24ClN3O3. The number of hydrogen-bond acceptors (Lipinski definition) is 4. The third-order valence-electron chi connectivity index (χ3n) is 4.36. The van der Waals surface area contributed by atoms with Crippen molar-refractivity contribution in [2.24, 2.45) is 11.7 Å². The summed E-state index contributed by atoms with van der Waals surface area (Å²) in [6, 6.07) is 14.9. The predicted molar refractivity (Wildman–Crippen MR) is 108 cm³/mol. The maximum atomic E-state index is 12.2. The first-order chi connectivity index (χ1) is 12.7. The summed E-state index contributed by atoms with van der Waals surface area (Å²) in [7, 11) is 0. The number of rotatable bonds is 7. The van der Waals surface area contributed by atoms with E-state index in [1.54, 1.807) is 24.3 Å². The number of anilines is 2. The molecule has 0 aliphatic carbocycles. The monoisotopic (exact) mass is 389 g/mol. The maximum absolute atomic E-state index is 12.2. The van der Waals surface area contributed by atoms with Gasteiger partial charge < -0.3 is 21.1 Å². The van der Waals surface area contributed by atoms with Gasteiger partial charge in [-0.1, -0.05) is 18.2 Å². The van der Waals surface area contributed by atoms with Crippen LogP contribution in [0.2, 0.25) is 0 Å². The number of amides is 2. The number of carbonyl (C=O) groups excluding carboxylic acids is 2. The Morgan fingerprint density at radius 2 is 1.93 bits per heavy atom. The van der Waals surface area contributed by atoms with Crippen molar-refractivity contribution in [2.45, 2.75) is 19.3 Å². The second kappa shape index (κ2) is 9.94. The zero-order chi connectivity index (χ0) is 18.4. The molecule has 2 aromatic carbocycles. The molecule has 4 N–H and O–H groups in total. The summed E-state index contributed by atoms with van der Waals surface area (Å²) in [5.41, 5.74) is 8.08. The van der Waals surface area contributed by atoms with E-state index in [1.807, 2.05) is 24.3 Å². The molecular weight excluding hydrogens is 366 g/mol. The fourth-order valence-corrected chi connectivity index (χ4v) is 2.99. The maximum Gasteiger partial charge on any atom is 0.227 e. The number of benzene rings is 2. The van der Waals surface area contributed by atoms with Gasteiger partial charge in [0.2, 0.25) is 11.8 Å². The number of nitrogens with two attached hydrogens (primary N) is 1. The number of para-hydroxylation sites is 1. The van der Waals surface area contributed by atoms with Crippen LogP contribution < -0.4 is 21.1 Å². The molecule has 1 unspecified atom stereocenters. The quantitative estimate of drug-likeness (QED) is 0.678. The van der Waals surface area contributed by atoms with Gasteiger partial charge in [0.1, 0.15) is 12.4 Å². The second-order valence-corrected chi connectivity index (χ2v) is 6.30. The molecule has 1 aliphatic rings. The van der Waals surface area contributed by atoms with E-state index in [9.17, 15) is 9.59 Å². The lowest BCUT2D eigenvalue weighted by molar-refractivity contribution is -0.121. The predicted octanol–water partition coefficient (Wildman–Crippen LogP) is 2.98. The number of nitrogens with one attached hydrogen (secondary N) is 2. The standard InChI is InChI=1S/C20H23N3O3.ClH/c21-11-12-26-17-8-6-16(7-9-17)22-19(24)10-5-15-13-14-3-1-2-4-18(14)23-20(15)25;/h1-4,6-9,15H,5,10-13,21H2,(H,22,24)(H,23,25);1H. The highest BCUT2D eigenvalue weighted by Gasteiger charge is 2.26. The van der Waals surface area contributed by atoms with Gasteiger partial charge in [0, 0.05) is 30.3 Å². The first-order valence-corrected chi connectivity index (χ1v) is 8.77. The molecule has 0 radical (unpaired) electrons. The van der Waals surface area contributed by atoms with Crippen LogP contribution >= 0.6 is 12.4 Å². The van der Waals surface area contributed by atoms with Gasteiger partial charge in [-0.05, 0) is 48.7 Å². The van der Waals surface area contributed by atoms with Gasteiger partial charge in [0.15, 0.2) is 0 Å². The van der Waals surface area contributed by atoms with E-state index >= 15 is 0 Å². The molecule has 2 aromatic rings. The molecule has 0 fully saturated rings. The Morgan fingerprint density at radius 1 is 1.19 bits per heavy atom. The Hall–Kier alpha value is -2.57. The average molecular weight is 390 g/mol. The van der Waals surface area contributed by atoms with Crippen LogP contribution in [0.4, 0.5) is 11.4 Å². The molecule has 0 saturated heterocycles. The summed E-state index contributed by atoms with van der Waals surface area (Å²) in [5.74, 6) is 0.416. The Balaban J connectivity index is 0.00000261. The largest absolute Gasteiger partial charge is 0.492 e. The normalized spacial score (nSPS) is 15.1. The van der Waals surface area contributed by atoms with E-state index in [0.717, 1.165) is 11.3 Å². The molecule has 27 heavy (non-hydrogen) atoms. The minimum Gasteiger partial charge on any atom is -0.492 e. The molecule has 6 nitrogen and oxygen atoms in total. The molecule has 2 amide bonds. The summed E-state index contributed by atoms with van der Waals surface area (Å²) in [4.78, 5) is 24.4. The summed E-state index contributed by atoms with van der Waals surface area (Å²) in [5, 5.41) is 5.76. The number of fused-ring (bicyclic) bond motifs is 1. The lowest BCUT2D eigenvalue weighted by Gasteiger charge is -2.24. The van der Waals surface area contributed by atoms with Crippen LogP contribution in [0.3, 0.4) is 0 Å². The van der Waals surface area contributed by atoms with Crippen molar-refractivity contribution in [1.29, 1.82) is 0 Å². The minimum absolute atomic E-state index is 0. The van der Waals surface area contributed by atoms with E-state index in [1.165, 1.54) is 0 Å². The van der Waals surface area contributed by atoms with Crippen LogP contribution in [0.25, 0.3) is 0 Å². The number of halogens is 1. The number of carbonyl (C=O) groups is 2. The van der Waals surface area contributed by atoms with Crippen molar-refractivity contribution in [3.63, 3.8) is 0 Å². The van der Waals surface area contributed by atoms with E-state index < -0.39 is 0 Å². The van der Waals surface area contributed by atoms with Gasteiger partial charge in [-0.15, -0.1) is 12.4 Å².